The molecule has 3 nitrogen and oxygen atoms in total. The van der Waals surface area contributed by atoms with Gasteiger partial charge in [-0.3, -0.25) is 0 Å². The SMILES string of the molecule is CCCCCC(C)NCCN1CCC(N)CC1. The van der Waals surface area contributed by atoms with Gasteiger partial charge in [-0.05, 0) is 39.3 Å². The third-order valence-electron chi connectivity index (χ3n) is 3.79. The zero-order chi connectivity index (χ0) is 12.5. The lowest BCUT2D eigenvalue weighted by molar-refractivity contribution is 0.211. The molecule has 17 heavy (non-hydrogen) atoms. The maximum absolute atomic E-state index is 5.90. The molecule has 1 fully saturated rings. The Labute approximate surface area is 107 Å². The Morgan fingerprint density at radius 1 is 1.29 bits per heavy atom. The predicted octanol–water partition coefficient (Wildman–Crippen LogP) is 1.97. The molecule has 1 aliphatic rings. The average Bonchev–Trinajstić information content (AvgIpc) is 2.32. The molecule has 1 aliphatic heterocycles. The lowest BCUT2D eigenvalue weighted by Gasteiger charge is -2.30. The average molecular weight is 241 g/mol. The Balaban J connectivity index is 1.95. The quantitative estimate of drug-likeness (QED) is 0.638. The van der Waals surface area contributed by atoms with E-state index in [0.717, 1.165) is 6.54 Å². The molecule has 102 valence electrons. The van der Waals surface area contributed by atoms with Gasteiger partial charge in [-0.2, -0.15) is 0 Å². The van der Waals surface area contributed by atoms with Crippen LogP contribution in [-0.4, -0.2) is 43.2 Å². The molecule has 0 aliphatic carbocycles. The van der Waals surface area contributed by atoms with Crippen LogP contribution in [0.25, 0.3) is 0 Å². The van der Waals surface area contributed by atoms with Crippen LogP contribution in [0.3, 0.4) is 0 Å². The molecular weight excluding hydrogens is 210 g/mol. The number of unbranched alkanes of at least 4 members (excludes halogenated alkanes) is 2. The van der Waals surface area contributed by atoms with Crippen molar-refractivity contribution in [1.29, 1.82) is 0 Å². The first-order chi connectivity index (χ1) is 8.22. The van der Waals surface area contributed by atoms with E-state index in [9.17, 15) is 0 Å². The minimum atomic E-state index is 0.451. The smallest absolute Gasteiger partial charge is 0.0107 e. The molecule has 0 radical (unpaired) electrons. The first-order valence-electron chi connectivity index (χ1n) is 7.43. The van der Waals surface area contributed by atoms with Gasteiger partial charge in [0.1, 0.15) is 0 Å². The summed E-state index contributed by atoms with van der Waals surface area (Å²) in [6.07, 6.45) is 7.72. The summed E-state index contributed by atoms with van der Waals surface area (Å²) in [6.45, 7) is 9.26. The van der Waals surface area contributed by atoms with Gasteiger partial charge in [0.15, 0.2) is 0 Å². The highest BCUT2D eigenvalue weighted by Gasteiger charge is 2.15. The summed E-state index contributed by atoms with van der Waals surface area (Å²) >= 11 is 0. The van der Waals surface area contributed by atoms with Crippen molar-refractivity contribution in [2.24, 2.45) is 5.73 Å². The van der Waals surface area contributed by atoms with Gasteiger partial charge in [-0.1, -0.05) is 26.2 Å². The van der Waals surface area contributed by atoms with Gasteiger partial charge < -0.3 is 16.0 Å². The lowest BCUT2D eigenvalue weighted by Crippen LogP contribution is -2.43. The molecule has 3 N–H and O–H groups in total. The fourth-order valence-electron chi connectivity index (χ4n) is 2.45. The predicted molar refractivity (Wildman–Crippen MR) is 75.3 cm³/mol. The van der Waals surface area contributed by atoms with Crippen LogP contribution >= 0.6 is 0 Å². The molecule has 1 saturated heterocycles. The summed E-state index contributed by atoms with van der Waals surface area (Å²) in [5.41, 5.74) is 5.90. The maximum atomic E-state index is 5.90. The topological polar surface area (TPSA) is 41.3 Å². The van der Waals surface area contributed by atoms with Crippen molar-refractivity contribution in [2.75, 3.05) is 26.2 Å². The van der Waals surface area contributed by atoms with Crippen LogP contribution in [-0.2, 0) is 0 Å². The van der Waals surface area contributed by atoms with Crippen LogP contribution in [0.5, 0.6) is 0 Å². The Morgan fingerprint density at radius 3 is 2.65 bits per heavy atom. The number of piperidine rings is 1. The van der Waals surface area contributed by atoms with Crippen molar-refractivity contribution in [2.45, 2.75) is 64.5 Å². The second-order valence-corrected chi connectivity index (χ2v) is 5.53. The molecule has 0 bridgehead atoms. The Kier molecular flexibility index (Phi) is 7.82. The van der Waals surface area contributed by atoms with E-state index < -0.39 is 0 Å². The molecular formula is C14H31N3. The lowest BCUT2D eigenvalue weighted by atomic mass is 10.1. The van der Waals surface area contributed by atoms with Gasteiger partial charge in [0.2, 0.25) is 0 Å². The van der Waals surface area contributed by atoms with Gasteiger partial charge in [-0.25, -0.2) is 0 Å². The van der Waals surface area contributed by atoms with Crippen LogP contribution in [0, 0.1) is 0 Å². The minimum Gasteiger partial charge on any atom is -0.328 e. The van der Waals surface area contributed by atoms with Crippen LogP contribution in [0.1, 0.15) is 52.4 Å². The van der Waals surface area contributed by atoms with Crippen LogP contribution < -0.4 is 11.1 Å². The number of likely N-dealkylation sites (tertiary alicyclic amines) is 1. The van der Waals surface area contributed by atoms with Gasteiger partial charge in [0, 0.05) is 25.2 Å². The standard InChI is InChI=1S/C14H31N3/c1-3-4-5-6-13(2)16-9-12-17-10-7-14(15)8-11-17/h13-14,16H,3-12,15H2,1-2H3. The monoisotopic (exact) mass is 241 g/mol. The van der Waals surface area contributed by atoms with E-state index in [-0.39, 0.29) is 0 Å². The molecule has 0 aromatic heterocycles. The summed E-state index contributed by atoms with van der Waals surface area (Å²) in [5, 5.41) is 3.63. The van der Waals surface area contributed by atoms with Gasteiger partial charge in [-0.15, -0.1) is 0 Å². The van der Waals surface area contributed by atoms with Crippen molar-refractivity contribution in [1.82, 2.24) is 10.2 Å². The summed E-state index contributed by atoms with van der Waals surface area (Å²) in [7, 11) is 0. The van der Waals surface area contributed by atoms with Crippen molar-refractivity contribution in [3.05, 3.63) is 0 Å². The zero-order valence-electron chi connectivity index (χ0n) is 11.8. The van der Waals surface area contributed by atoms with E-state index in [0.29, 0.717) is 12.1 Å². The third kappa shape index (κ3) is 7.02. The number of nitrogens with two attached hydrogens (primary N) is 1. The van der Waals surface area contributed by atoms with E-state index >= 15 is 0 Å². The van der Waals surface area contributed by atoms with Crippen molar-refractivity contribution < 1.29 is 0 Å². The van der Waals surface area contributed by atoms with Gasteiger partial charge in [0.05, 0.1) is 0 Å². The number of nitrogens with zero attached hydrogens (tertiary/aromatic N) is 1. The second-order valence-electron chi connectivity index (χ2n) is 5.53. The molecule has 0 aromatic carbocycles. The number of hydrogen-bond acceptors (Lipinski definition) is 3. The minimum absolute atomic E-state index is 0.451. The normalized spacial score (nSPS) is 20.6. The molecule has 0 amide bonds. The highest BCUT2D eigenvalue weighted by molar-refractivity contribution is 4.74. The molecule has 3 heteroatoms. The molecule has 0 saturated carbocycles. The van der Waals surface area contributed by atoms with E-state index in [1.807, 2.05) is 0 Å². The molecule has 1 rings (SSSR count). The van der Waals surface area contributed by atoms with Crippen molar-refractivity contribution in [3.8, 4) is 0 Å². The van der Waals surface area contributed by atoms with Crippen LogP contribution in [0.15, 0.2) is 0 Å². The largest absolute Gasteiger partial charge is 0.328 e. The van der Waals surface area contributed by atoms with E-state index in [2.05, 4.69) is 24.1 Å². The first kappa shape index (κ1) is 14.9. The third-order valence-corrected chi connectivity index (χ3v) is 3.79. The number of rotatable bonds is 8. The van der Waals surface area contributed by atoms with E-state index in [1.54, 1.807) is 0 Å². The molecule has 1 unspecified atom stereocenters. The summed E-state index contributed by atoms with van der Waals surface area (Å²) in [6, 6.07) is 1.13. The fourth-order valence-corrected chi connectivity index (χ4v) is 2.45. The van der Waals surface area contributed by atoms with Crippen molar-refractivity contribution in [3.63, 3.8) is 0 Å². The summed E-state index contributed by atoms with van der Waals surface area (Å²) in [4.78, 5) is 2.54. The van der Waals surface area contributed by atoms with E-state index in [4.69, 9.17) is 5.73 Å². The zero-order valence-corrected chi connectivity index (χ0v) is 11.8. The van der Waals surface area contributed by atoms with E-state index in [1.165, 1.54) is 58.2 Å². The Bertz CT molecular complexity index is 176. The Morgan fingerprint density at radius 2 is 2.00 bits per heavy atom. The molecule has 0 spiro atoms. The summed E-state index contributed by atoms with van der Waals surface area (Å²) < 4.78 is 0. The maximum Gasteiger partial charge on any atom is 0.0107 e. The first-order valence-corrected chi connectivity index (χ1v) is 7.43. The molecule has 1 atom stereocenters. The summed E-state index contributed by atoms with van der Waals surface area (Å²) in [5.74, 6) is 0. The molecule has 1 heterocycles. The van der Waals surface area contributed by atoms with Gasteiger partial charge in [0.25, 0.3) is 0 Å². The van der Waals surface area contributed by atoms with Gasteiger partial charge >= 0.3 is 0 Å². The van der Waals surface area contributed by atoms with Crippen molar-refractivity contribution >= 4 is 0 Å². The van der Waals surface area contributed by atoms with Crippen LogP contribution in [0.2, 0.25) is 0 Å². The molecule has 0 aromatic rings. The highest BCUT2D eigenvalue weighted by atomic mass is 15.1. The second kappa shape index (κ2) is 8.90. The van der Waals surface area contributed by atoms with Crippen LogP contribution in [0.4, 0.5) is 0 Å². The number of hydrogen-bond donors (Lipinski definition) is 2. The Hall–Kier alpha value is -0.120. The fraction of sp³-hybridized carbons (Fsp3) is 1.00. The number of nitrogens with one attached hydrogen (secondary N) is 1. The highest BCUT2D eigenvalue weighted by Crippen LogP contribution is 2.07.